The van der Waals surface area contributed by atoms with E-state index in [1.54, 1.807) is 14.2 Å². The van der Waals surface area contributed by atoms with Gasteiger partial charge in [-0.1, -0.05) is 17.4 Å². The Balaban J connectivity index is 1.81. The summed E-state index contributed by atoms with van der Waals surface area (Å²) in [6, 6.07) is 6.33. The topological polar surface area (TPSA) is 51.5 Å². The van der Waals surface area contributed by atoms with Gasteiger partial charge in [-0.05, 0) is 51.9 Å². The van der Waals surface area contributed by atoms with E-state index < -0.39 is 0 Å². The lowest BCUT2D eigenvalue weighted by Crippen LogP contribution is -2.28. The molecule has 0 amide bonds. The second-order valence-corrected chi connectivity index (χ2v) is 9.39. The smallest absolute Gasteiger partial charge is 0.205 e. The Labute approximate surface area is 170 Å². The third-order valence-corrected chi connectivity index (χ3v) is 5.79. The van der Waals surface area contributed by atoms with Gasteiger partial charge in [0.2, 0.25) is 5.13 Å². The van der Waals surface area contributed by atoms with Gasteiger partial charge < -0.3 is 14.8 Å². The van der Waals surface area contributed by atoms with E-state index in [-0.39, 0.29) is 11.6 Å². The number of methoxy groups -OCH3 is 2. The molecule has 2 heterocycles. The average molecular weight is 409 g/mol. The van der Waals surface area contributed by atoms with Crippen molar-refractivity contribution >= 4 is 28.7 Å². The van der Waals surface area contributed by atoms with Crippen LogP contribution in [0.15, 0.2) is 18.2 Å². The molecule has 0 aliphatic carbocycles. The SMILES string of the molecule is COc1ccc(C2CCCN2Cn2nc(NC(C)(C)C)sc2=S)c(OC)c1. The highest BCUT2D eigenvalue weighted by molar-refractivity contribution is 7.73. The normalized spacial score (nSPS) is 17.9. The van der Waals surface area contributed by atoms with Crippen molar-refractivity contribution in [1.29, 1.82) is 0 Å². The van der Waals surface area contributed by atoms with E-state index in [2.05, 4.69) is 42.2 Å². The molecule has 6 nitrogen and oxygen atoms in total. The minimum Gasteiger partial charge on any atom is -0.497 e. The number of hydrogen-bond acceptors (Lipinski definition) is 7. The second kappa shape index (κ2) is 8.16. The maximum Gasteiger partial charge on any atom is 0.205 e. The van der Waals surface area contributed by atoms with Crippen molar-refractivity contribution in [2.24, 2.45) is 0 Å². The molecule has 0 radical (unpaired) electrons. The minimum atomic E-state index is -0.0376. The van der Waals surface area contributed by atoms with Crippen LogP contribution in [-0.2, 0) is 6.67 Å². The highest BCUT2D eigenvalue weighted by Crippen LogP contribution is 2.39. The number of anilines is 1. The lowest BCUT2D eigenvalue weighted by Gasteiger charge is -2.26. The van der Waals surface area contributed by atoms with E-state index >= 15 is 0 Å². The lowest BCUT2D eigenvalue weighted by molar-refractivity contribution is 0.188. The fourth-order valence-corrected chi connectivity index (χ4v) is 4.58. The summed E-state index contributed by atoms with van der Waals surface area (Å²) in [5, 5.41) is 8.96. The van der Waals surface area contributed by atoms with Gasteiger partial charge in [0.25, 0.3) is 0 Å². The molecule has 1 aliphatic rings. The van der Waals surface area contributed by atoms with E-state index in [0.29, 0.717) is 6.67 Å². The van der Waals surface area contributed by atoms with Gasteiger partial charge in [0, 0.05) is 29.8 Å². The Morgan fingerprint density at radius 1 is 1.30 bits per heavy atom. The number of hydrogen-bond donors (Lipinski definition) is 1. The monoisotopic (exact) mass is 408 g/mol. The predicted molar refractivity (Wildman–Crippen MR) is 113 cm³/mol. The van der Waals surface area contributed by atoms with Crippen LogP contribution in [0.4, 0.5) is 5.13 Å². The molecule has 1 N–H and O–H groups in total. The number of benzene rings is 1. The van der Waals surface area contributed by atoms with Gasteiger partial charge in [0.15, 0.2) is 3.95 Å². The second-order valence-electron chi connectivity index (χ2n) is 7.77. The summed E-state index contributed by atoms with van der Waals surface area (Å²) in [6.45, 7) is 8.05. The average Bonchev–Trinajstić information content (AvgIpc) is 3.19. The summed E-state index contributed by atoms with van der Waals surface area (Å²) >= 11 is 7.07. The van der Waals surface area contributed by atoms with Gasteiger partial charge >= 0.3 is 0 Å². The van der Waals surface area contributed by atoms with Crippen molar-refractivity contribution in [3.63, 3.8) is 0 Å². The number of likely N-dealkylation sites (tertiary alicyclic amines) is 1. The van der Waals surface area contributed by atoms with Crippen molar-refractivity contribution in [3.05, 3.63) is 27.7 Å². The summed E-state index contributed by atoms with van der Waals surface area (Å²) in [7, 11) is 3.38. The van der Waals surface area contributed by atoms with Gasteiger partial charge in [-0.15, -0.1) is 5.10 Å². The summed E-state index contributed by atoms with van der Waals surface area (Å²) in [5.41, 5.74) is 1.15. The van der Waals surface area contributed by atoms with Crippen LogP contribution in [0.5, 0.6) is 11.5 Å². The molecule has 27 heavy (non-hydrogen) atoms. The summed E-state index contributed by atoms with van der Waals surface area (Å²) in [5.74, 6) is 1.67. The molecule has 0 saturated carbocycles. The molecule has 1 fully saturated rings. The molecule has 8 heteroatoms. The maximum absolute atomic E-state index is 5.62. The molecule has 1 atom stereocenters. The van der Waals surface area contributed by atoms with Crippen LogP contribution in [0.3, 0.4) is 0 Å². The molecule has 3 rings (SSSR count). The molecule has 1 aliphatic heterocycles. The Morgan fingerprint density at radius 2 is 2.07 bits per heavy atom. The largest absolute Gasteiger partial charge is 0.497 e. The third-order valence-electron chi connectivity index (χ3n) is 4.57. The van der Waals surface area contributed by atoms with Crippen LogP contribution in [-0.4, -0.2) is 41.0 Å². The highest BCUT2D eigenvalue weighted by atomic mass is 32.1. The van der Waals surface area contributed by atoms with Crippen molar-refractivity contribution in [3.8, 4) is 11.5 Å². The summed E-state index contributed by atoms with van der Waals surface area (Å²) in [4.78, 5) is 2.42. The van der Waals surface area contributed by atoms with Crippen molar-refractivity contribution in [1.82, 2.24) is 14.7 Å². The standard InChI is InChI=1S/C19H28N4O2S2/c1-19(2,3)20-17-21-23(18(26)27-17)12-22-10-6-7-15(22)14-9-8-13(24-4)11-16(14)25-5/h8-9,11,15H,6-7,10,12H2,1-5H3,(H,20,21). The Kier molecular flexibility index (Phi) is 6.08. The molecule has 0 spiro atoms. The fraction of sp³-hybridized carbons (Fsp3) is 0.579. The van der Waals surface area contributed by atoms with E-state index in [1.807, 2.05) is 16.8 Å². The Hall–Kier alpha value is -1.64. The van der Waals surface area contributed by atoms with Crippen LogP contribution in [0.1, 0.15) is 45.2 Å². The molecule has 1 aromatic carbocycles. The zero-order valence-corrected chi connectivity index (χ0v) is 18.2. The highest BCUT2D eigenvalue weighted by Gasteiger charge is 2.29. The van der Waals surface area contributed by atoms with Crippen LogP contribution in [0.25, 0.3) is 0 Å². The van der Waals surface area contributed by atoms with Crippen LogP contribution >= 0.6 is 23.6 Å². The van der Waals surface area contributed by atoms with Crippen LogP contribution in [0.2, 0.25) is 0 Å². The molecular formula is C19H28N4O2S2. The van der Waals surface area contributed by atoms with E-state index in [9.17, 15) is 0 Å². The van der Waals surface area contributed by atoms with E-state index in [0.717, 1.165) is 40.0 Å². The first kappa shape index (κ1) is 20.1. The molecule has 1 saturated heterocycles. The first-order valence-electron chi connectivity index (χ1n) is 9.13. The number of nitrogens with zero attached hydrogens (tertiary/aromatic N) is 3. The molecule has 1 aromatic heterocycles. The number of rotatable bonds is 6. The first-order valence-corrected chi connectivity index (χ1v) is 10.4. The zero-order chi connectivity index (χ0) is 19.6. The molecule has 0 bridgehead atoms. The van der Waals surface area contributed by atoms with Crippen molar-refractivity contribution < 1.29 is 9.47 Å². The fourth-order valence-electron chi connectivity index (χ4n) is 3.38. The Morgan fingerprint density at radius 3 is 2.74 bits per heavy atom. The predicted octanol–water partition coefficient (Wildman–Crippen LogP) is 4.70. The molecule has 2 aromatic rings. The van der Waals surface area contributed by atoms with Gasteiger partial charge in [-0.2, -0.15) is 0 Å². The molecule has 1 unspecified atom stereocenters. The van der Waals surface area contributed by atoms with Crippen LogP contribution in [0, 0.1) is 3.95 Å². The number of ether oxygens (including phenoxy) is 2. The van der Waals surface area contributed by atoms with Gasteiger partial charge in [-0.25, -0.2) is 4.68 Å². The third kappa shape index (κ3) is 4.80. The number of aromatic nitrogens is 2. The number of nitrogens with one attached hydrogen (secondary N) is 1. The van der Waals surface area contributed by atoms with E-state index in [4.69, 9.17) is 21.7 Å². The first-order chi connectivity index (χ1) is 12.8. The zero-order valence-electron chi connectivity index (χ0n) is 16.6. The quantitative estimate of drug-likeness (QED) is 0.700. The summed E-state index contributed by atoms with van der Waals surface area (Å²) < 4.78 is 13.7. The maximum atomic E-state index is 5.62. The van der Waals surface area contributed by atoms with Crippen molar-refractivity contribution in [2.45, 2.75) is 51.9 Å². The van der Waals surface area contributed by atoms with Gasteiger partial charge in [0.1, 0.15) is 11.5 Å². The molecule has 148 valence electrons. The Bertz CT molecular complexity index is 841. The van der Waals surface area contributed by atoms with Gasteiger partial charge in [-0.3, -0.25) is 4.90 Å². The minimum absolute atomic E-state index is 0.0376. The lowest BCUT2D eigenvalue weighted by atomic mass is 10.0. The van der Waals surface area contributed by atoms with Crippen molar-refractivity contribution in [2.75, 3.05) is 26.1 Å². The van der Waals surface area contributed by atoms with Gasteiger partial charge in [0.05, 0.1) is 20.9 Å². The summed E-state index contributed by atoms with van der Waals surface area (Å²) in [6.07, 6.45) is 2.23. The van der Waals surface area contributed by atoms with Crippen LogP contribution < -0.4 is 14.8 Å². The molecular weight excluding hydrogens is 380 g/mol. The van der Waals surface area contributed by atoms with E-state index in [1.165, 1.54) is 16.9 Å².